The second kappa shape index (κ2) is 8.51. The molecule has 1 aliphatic rings. The van der Waals surface area contributed by atoms with E-state index in [2.05, 4.69) is 51.3 Å². The summed E-state index contributed by atoms with van der Waals surface area (Å²) in [5.41, 5.74) is 2.07. The van der Waals surface area contributed by atoms with Crippen LogP contribution < -0.4 is 10.2 Å². The summed E-state index contributed by atoms with van der Waals surface area (Å²) in [5.74, 6) is 1.37. The lowest BCUT2D eigenvalue weighted by atomic mass is 9.92. The van der Waals surface area contributed by atoms with Crippen molar-refractivity contribution in [3.63, 3.8) is 0 Å². The van der Waals surface area contributed by atoms with Gasteiger partial charge in [0.05, 0.1) is 11.4 Å². The Morgan fingerprint density at radius 1 is 1.28 bits per heavy atom. The molecule has 0 spiro atoms. The lowest BCUT2D eigenvalue weighted by Crippen LogP contribution is -2.55. The van der Waals surface area contributed by atoms with Crippen molar-refractivity contribution >= 4 is 22.9 Å². The minimum Gasteiger partial charge on any atom is -0.354 e. The summed E-state index contributed by atoms with van der Waals surface area (Å²) in [7, 11) is 2.06. The molecular weight excluding hydrogens is 364 g/mol. The van der Waals surface area contributed by atoms with Gasteiger partial charge >= 0.3 is 6.03 Å². The summed E-state index contributed by atoms with van der Waals surface area (Å²) >= 11 is 0. The van der Waals surface area contributed by atoms with Gasteiger partial charge in [0.15, 0.2) is 0 Å². The van der Waals surface area contributed by atoms with Crippen molar-refractivity contribution in [1.82, 2.24) is 25.2 Å². The van der Waals surface area contributed by atoms with E-state index in [1.165, 1.54) is 5.56 Å². The number of nitrogens with one attached hydrogen (secondary N) is 2. The fourth-order valence-corrected chi connectivity index (χ4v) is 4.10. The van der Waals surface area contributed by atoms with Gasteiger partial charge in [-0.3, -0.25) is 0 Å². The van der Waals surface area contributed by atoms with E-state index in [4.69, 9.17) is 0 Å². The number of likely N-dealkylation sites (N-methyl/N-ethyl adjacent to an activating group) is 1. The first kappa shape index (κ1) is 19.2. The van der Waals surface area contributed by atoms with Crippen molar-refractivity contribution < 1.29 is 4.79 Å². The van der Waals surface area contributed by atoms with Crippen molar-refractivity contribution in [2.75, 3.05) is 31.6 Å². The number of likely N-dealkylation sites (tertiary alicyclic amines) is 1. The van der Waals surface area contributed by atoms with Crippen LogP contribution in [-0.4, -0.2) is 58.6 Å². The van der Waals surface area contributed by atoms with Crippen LogP contribution in [0.15, 0.2) is 48.9 Å². The average molecular weight is 393 g/mol. The van der Waals surface area contributed by atoms with Crippen molar-refractivity contribution in [3.8, 4) is 0 Å². The Hall–Kier alpha value is -3.09. The molecule has 2 unspecified atom stereocenters. The first-order valence-electron chi connectivity index (χ1n) is 10.2. The van der Waals surface area contributed by atoms with Crippen LogP contribution in [-0.2, 0) is 6.42 Å². The molecule has 0 aliphatic carbocycles. The standard InChI is InChI=1S/C22H28N6O/c1-16-10-13-28(22(29)24-11-8-17-6-4-3-5-7-17)14-19(16)27(2)21-18-9-12-23-20(18)25-15-26-21/h3-7,9,12,15-16,19H,8,10-11,13-14H2,1-2H3,(H,24,29)(H,23,25,26). The molecule has 0 radical (unpaired) electrons. The van der Waals surface area contributed by atoms with E-state index < -0.39 is 0 Å². The molecule has 1 aromatic carbocycles. The number of urea groups is 1. The van der Waals surface area contributed by atoms with Crippen LogP contribution in [0.25, 0.3) is 11.0 Å². The Morgan fingerprint density at radius 3 is 2.93 bits per heavy atom. The van der Waals surface area contributed by atoms with E-state index in [0.717, 1.165) is 36.2 Å². The number of fused-ring (bicyclic) bond motifs is 1. The number of rotatable bonds is 5. The molecule has 1 saturated heterocycles. The van der Waals surface area contributed by atoms with E-state index in [0.29, 0.717) is 19.0 Å². The van der Waals surface area contributed by atoms with Crippen molar-refractivity contribution in [2.24, 2.45) is 5.92 Å². The number of hydrogen-bond donors (Lipinski definition) is 2. The fraction of sp³-hybridized carbons (Fsp3) is 0.409. The van der Waals surface area contributed by atoms with Crippen LogP contribution in [0.1, 0.15) is 18.9 Å². The second-order valence-corrected chi connectivity index (χ2v) is 7.79. The quantitative estimate of drug-likeness (QED) is 0.700. The Kier molecular flexibility index (Phi) is 5.64. The molecule has 29 heavy (non-hydrogen) atoms. The van der Waals surface area contributed by atoms with Crippen LogP contribution in [0.4, 0.5) is 10.6 Å². The van der Waals surface area contributed by atoms with Gasteiger partial charge in [0.2, 0.25) is 0 Å². The third-order valence-electron chi connectivity index (χ3n) is 5.90. The number of amides is 2. The van der Waals surface area contributed by atoms with Gasteiger partial charge in [0.25, 0.3) is 0 Å². The molecule has 152 valence electrons. The monoisotopic (exact) mass is 392 g/mol. The van der Waals surface area contributed by atoms with Crippen molar-refractivity contribution in [1.29, 1.82) is 0 Å². The van der Waals surface area contributed by atoms with Gasteiger partial charge < -0.3 is 20.1 Å². The molecule has 2 aromatic heterocycles. The lowest BCUT2D eigenvalue weighted by Gasteiger charge is -2.42. The summed E-state index contributed by atoms with van der Waals surface area (Å²) < 4.78 is 0. The van der Waals surface area contributed by atoms with E-state index in [1.54, 1.807) is 6.33 Å². The zero-order chi connectivity index (χ0) is 20.2. The van der Waals surface area contributed by atoms with E-state index in [9.17, 15) is 4.79 Å². The number of carbonyl (C=O) groups is 1. The summed E-state index contributed by atoms with van der Waals surface area (Å²) in [6, 6.07) is 12.5. The fourth-order valence-electron chi connectivity index (χ4n) is 4.10. The predicted molar refractivity (Wildman–Crippen MR) is 115 cm³/mol. The number of H-pyrrole nitrogens is 1. The first-order chi connectivity index (χ1) is 14.1. The van der Waals surface area contributed by atoms with Gasteiger partial charge in [0.1, 0.15) is 17.8 Å². The number of anilines is 1. The Bertz CT molecular complexity index is 956. The molecule has 2 amide bonds. The summed E-state index contributed by atoms with van der Waals surface area (Å²) in [6.45, 7) is 4.36. The molecule has 1 aliphatic heterocycles. The van der Waals surface area contributed by atoms with Crippen molar-refractivity contribution in [3.05, 3.63) is 54.5 Å². The molecular formula is C22H28N6O. The van der Waals surface area contributed by atoms with Gasteiger partial charge in [-0.25, -0.2) is 14.8 Å². The molecule has 7 heteroatoms. The topological polar surface area (TPSA) is 77.2 Å². The summed E-state index contributed by atoms with van der Waals surface area (Å²) in [4.78, 5) is 28.8. The molecule has 3 aromatic rings. The van der Waals surface area contributed by atoms with E-state index in [-0.39, 0.29) is 12.1 Å². The van der Waals surface area contributed by atoms with Gasteiger partial charge in [-0.2, -0.15) is 0 Å². The van der Waals surface area contributed by atoms with Gasteiger partial charge in [-0.1, -0.05) is 37.3 Å². The van der Waals surface area contributed by atoms with Crippen LogP contribution >= 0.6 is 0 Å². The smallest absolute Gasteiger partial charge is 0.317 e. The zero-order valence-electron chi connectivity index (χ0n) is 17.0. The molecule has 0 bridgehead atoms. The maximum absolute atomic E-state index is 12.7. The van der Waals surface area contributed by atoms with Gasteiger partial charge in [-0.15, -0.1) is 0 Å². The molecule has 1 fully saturated rings. The SMILES string of the molecule is CC1CCN(C(=O)NCCc2ccccc2)CC1N(C)c1ncnc2[nH]ccc12. The molecule has 3 heterocycles. The highest BCUT2D eigenvalue weighted by atomic mass is 16.2. The minimum absolute atomic E-state index is 0.0145. The number of nitrogens with zero attached hydrogens (tertiary/aromatic N) is 4. The van der Waals surface area contributed by atoms with Crippen LogP contribution in [0.3, 0.4) is 0 Å². The summed E-state index contributed by atoms with van der Waals surface area (Å²) in [5, 5.41) is 4.08. The maximum Gasteiger partial charge on any atom is 0.317 e. The normalized spacial score (nSPS) is 19.3. The lowest BCUT2D eigenvalue weighted by molar-refractivity contribution is 0.161. The highest BCUT2D eigenvalue weighted by molar-refractivity contribution is 5.87. The third-order valence-corrected chi connectivity index (χ3v) is 5.90. The number of aromatic amines is 1. The number of benzene rings is 1. The van der Waals surface area contributed by atoms with Crippen LogP contribution in [0.2, 0.25) is 0 Å². The summed E-state index contributed by atoms with van der Waals surface area (Å²) in [6.07, 6.45) is 5.29. The molecule has 4 rings (SSSR count). The van der Waals surface area contributed by atoms with Crippen molar-refractivity contribution in [2.45, 2.75) is 25.8 Å². The number of aromatic nitrogens is 3. The average Bonchev–Trinajstić information content (AvgIpc) is 3.23. The van der Waals surface area contributed by atoms with Crippen LogP contribution in [0, 0.1) is 5.92 Å². The van der Waals surface area contributed by atoms with E-state index >= 15 is 0 Å². The second-order valence-electron chi connectivity index (χ2n) is 7.79. The molecule has 2 N–H and O–H groups in total. The van der Waals surface area contributed by atoms with Crippen LogP contribution in [0.5, 0.6) is 0 Å². The number of hydrogen-bond acceptors (Lipinski definition) is 4. The highest BCUT2D eigenvalue weighted by Crippen LogP contribution is 2.28. The Labute approximate surface area is 171 Å². The number of piperidine rings is 1. The predicted octanol–water partition coefficient (Wildman–Crippen LogP) is 3.06. The Morgan fingerprint density at radius 2 is 2.10 bits per heavy atom. The molecule has 2 atom stereocenters. The van der Waals surface area contributed by atoms with Gasteiger partial charge in [0, 0.05) is 32.9 Å². The zero-order valence-corrected chi connectivity index (χ0v) is 17.0. The van der Waals surface area contributed by atoms with Gasteiger partial charge in [-0.05, 0) is 30.4 Å². The highest BCUT2D eigenvalue weighted by Gasteiger charge is 2.32. The first-order valence-corrected chi connectivity index (χ1v) is 10.2. The Balaban J connectivity index is 1.39. The molecule has 7 nitrogen and oxygen atoms in total. The largest absolute Gasteiger partial charge is 0.354 e. The van der Waals surface area contributed by atoms with E-state index in [1.807, 2.05) is 35.4 Å². The maximum atomic E-state index is 12.7. The molecule has 0 saturated carbocycles. The minimum atomic E-state index is 0.0145. The number of carbonyl (C=O) groups excluding carboxylic acids is 1. The third kappa shape index (κ3) is 4.18.